The van der Waals surface area contributed by atoms with Gasteiger partial charge in [-0.05, 0) is 35.9 Å². The molecule has 0 fully saturated rings. The molecule has 1 aliphatic heterocycles. The SMILES string of the molecule is CCOc1ccccc1N1COc2ccc3ccccc3c2C1. The summed E-state index contributed by atoms with van der Waals surface area (Å²) in [5, 5.41) is 2.50. The first kappa shape index (κ1) is 13.9. The molecule has 1 heterocycles. The third-order valence-corrected chi connectivity index (χ3v) is 4.23. The van der Waals surface area contributed by atoms with Gasteiger partial charge in [0.2, 0.25) is 0 Å². The minimum atomic E-state index is 0.537. The van der Waals surface area contributed by atoms with Crippen LogP contribution in [0.15, 0.2) is 60.7 Å². The van der Waals surface area contributed by atoms with Crippen LogP contribution in [0.2, 0.25) is 0 Å². The molecule has 4 rings (SSSR count). The number of hydrogen-bond acceptors (Lipinski definition) is 3. The van der Waals surface area contributed by atoms with Gasteiger partial charge in [0, 0.05) is 5.56 Å². The van der Waals surface area contributed by atoms with E-state index in [0.29, 0.717) is 13.3 Å². The second-order valence-corrected chi connectivity index (χ2v) is 5.64. The summed E-state index contributed by atoms with van der Waals surface area (Å²) in [6, 6.07) is 20.8. The zero-order valence-electron chi connectivity index (χ0n) is 13.2. The first-order valence-electron chi connectivity index (χ1n) is 7.97. The van der Waals surface area contributed by atoms with Gasteiger partial charge in [0.15, 0.2) is 6.73 Å². The highest BCUT2D eigenvalue weighted by Gasteiger charge is 2.21. The molecule has 3 heteroatoms. The Morgan fingerprint density at radius 3 is 2.74 bits per heavy atom. The average Bonchev–Trinajstić information content (AvgIpc) is 2.62. The zero-order chi connectivity index (χ0) is 15.6. The van der Waals surface area contributed by atoms with Crippen molar-refractivity contribution in [1.82, 2.24) is 0 Å². The van der Waals surface area contributed by atoms with E-state index < -0.39 is 0 Å². The molecule has 23 heavy (non-hydrogen) atoms. The van der Waals surface area contributed by atoms with E-state index in [2.05, 4.69) is 47.4 Å². The van der Waals surface area contributed by atoms with E-state index in [4.69, 9.17) is 9.47 Å². The number of anilines is 1. The minimum absolute atomic E-state index is 0.537. The Kier molecular flexibility index (Phi) is 3.54. The van der Waals surface area contributed by atoms with Gasteiger partial charge in [-0.3, -0.25) is 0 Å². The highest BCUT2D eigenvalue weighted by Crippen LogP contribution is 2.36. The second-order valence-electron chi connectivity index (χ2n) is 5.64. The minimum Gasteiger partial charge on any atom is -0.492 e. The summed E-state index contributed by atoms with van der Waals surface area (Å²) in [7, 11) is 0. The van der Waals surface area contributed by atoms with E-state index in [-0.39, 0.29) is 0 Å². The molecule has 1 aliphatic rings. The fraction of sp³-hybridized carbons (Fsp3) is 0.200. The average molecular weight is 305 g/mol. The number of nitrogens with zero attached hydrogens (tertiary/aromatic N) is 1. The first-order chi connectivity index (χ1) is 11.4. The summed E-state index contributed by atoms with van der Waals surface area (Å²) in [6.45, 7) is 4.02. The molecular formula is C20H19NO2. The smallest absolute Gasteiger partial charge is 0.161 e. The van der Waals surface area contributed by atoms with E-state index >= 15 is 0 Å². The summed E-state index contributed by atoms with van der Waals surface area (Å²) in [5.41, 5.74) is 2.31. The molecule has 3 aromatic carbocycles. The Balaban J connectivity index is 1.75. The predicted molar refractivity (Wildman–Crippen MR) is 93.2 cm³/mol. The molecule has 0 atom stereocenters. The van der Waals surface area contributed by atoms with Crippen molar-refractivity contribution in [3.63, 3.8) is 0 Å². The molecule has 0 spiro atoms. The maximum Gasteiger partial charge on any atom is 0.161 e. The molecule has 0 bridgehead atoms. The van der Waals surface area contributed by atoms with Crippen LogP contribution >= 0.6 is 0 Å². The Morgan fingerprint density at radius 1 is 1.00 bits per heavy atom. The van der Waals surface area contributed by atoms with E-state index in [1.807, 2.05) is 25.1 Å². The number of rotatable bonds is 3. The van der Waals surface area contributed by atoms with Crippen molar-refractivity contribution in [3.05, 3.63) is 66.2 Å². The van der Waals surface area contributed by atoms with Crippen molar-refractivity contribution in [1.29, 1.82) is 0 Å². The highest BCUT2D eigenvalue weighted by molar-refractivity contribution is 5.88. The molecule has 0 radical (unpaired) electrons. The largest absolute Gasteiger partial charge is 0.492 e. The lowest BCUT2D eigenvalue weighted by molar-refractivity contribution is 0.285. The number of ether oxygens (including phenoxy) is 2. The van der Waals surface area contributed by atoms with Gasteiger partial charge in [-0.25, -0.2) is 0 Å². The van der Waals surface area contributed by atoms with E-state index in [0.717, 1.165) is 23.7 Å². The fourth-order valence-electron chi connectivity index (χ4n) is 3.15. The van der Waals surface area contributed by atoms with Crippen LogP contribution in [0.5, 0.6) is 11.5 Å². The topological polar surface area (TPSA) is 21.7 Å². The highest BCUT2D eigenvalue weighted by atomic mass is 16.5. The van der Waals surface area contributed by atoms with Crippen LogP contribution in [0.25, 0.3) is 10.8 Å². The van der Waals surface area contributed by atoms with Crippen LogP contribution in [0.4, 0.5) is 5.69 Å². The van der Waals surface area contributed by atoms with Gasteiger partial charge >= 0.3 is 0 Å². The second kappa shape index (κ2) is 5.84. The molecule has 0 unspecified atom stereocenters. The summed E-state index contributed by atoms with van der Waals surface area (Å²) in [5.74, 6) is 1.89. The van der Waals surface area contributed by atoms with Gasteiger partial charge in [0.1, 0.15) is 11.5 Å². The van der Waals surface area contributed by atoms with E-state index in [1.165, 1.54) is 16.3 Å². The van der Waals surface area contributed by atoms with Crippen molar-refractivity contribution in [2.24, 2.45) is 0 Å². The predicted octanol–water partition coefficient (Wildman–Crippen LogP) is 4.60. The molecule has 0 aliphatic carbocycles. The fourth-order valence-corrected chi connectivity index (χ4v) is 3.15. The molecule has 0 saturated carbocycles. The van der Waals surface area contributed by atoms with Gasteiger partial charge in [-0.15, -0.1) is 0 Å². The summed E-state index contributed by atoms with van der Waals surface area (Å²) >= 11 is 0. The Labute approximate surface area is 136 Å². The van der Waals surface area contributed by atoms with Crippen LogP contribution in [0, 0.1) is 0 Å². The van der Waals surface area contributed by atoms with Crippen LogP contribution in [-0.4, -0.2) is 13.3 Å². The molecule has 0 amide bonds. The van der Waals surface area contributed by atoms with Gasteiger partial charge < -0.3 is 14.4 Å². The van der Waals surface area contributed by atoms with Gasteiger partial charge in [-0.1, -0.05) is 42.5 Å². The van der Waals surface area contributed by atoms with Crippen LogP contribution < -0.4 is 14.4 Å². The van der Waals surface area contributed by atoms with Crippen LogP contribution in [0.1, 0.15) is 12.5 Å². The maximum atomic E-state index is 6.00. The first-order valence-corrected chi connectivity index (χ1v) is 7.97. The maximum absolute atomic E-state index is 6.00. The molecule has 3 nitrogen and oxygen atoms in total. The summed E-state index contributed by atoms with van der Waals surface area (Å²) in [6.07, 6.45) is 0. The lowest BCUT2D eigenvalue weighted by atomic mass is 10.0. The molecule has 116 valence electrons. The quantitative estimate of drug-likeness (QED) is 0.706. The van der Waals surface area contributed by atoms with Crippen molar-refractivity contribution >= 4 is 16.5 Å². The summed E-state index contributed by atoms with van der Waals surface area (Å²) in [4.78, 5) is 2.22. The normalized spacial score (nSPS) is 13.5. The van der Waals surface area contributed by atoms with Crippen molar-refractivity contribution in [2.45, 2.75) is 13.5 Å². The molecule has 0 N–H and O–H groups in total. The molecule has 0 saturated heterocycles. The van der Waals surface area contributed by atoms with Gasteiger partial charge in [0.25, 0.3) is 0 Å². The number of hydrogen-bond donors (Lipinski definition) is 0. The molecule has 3 aromatic rings. The number of benzene rings is 3. The molecular weight excluding hydrogens is 286 g/mol. The standard InChI is InChI=1S/C20H19NO2/c1-2-22-20-10-6-5-9-18(20)21-13-17-16-8-4-3-7-15(16)11-12-19(17)23-14-21/h3-12H,2,13-14H2,1H3. The van der Waals surface area contributed by atoms with Crippen molar-refractivity contribution in [2.75, 3.05) is 18.2 Å². The van der Waals surface area contributed by atoms with Crippen molar-refractivity contribution in [3.8, 4) is 11.5 Å². The Hall–Kier alpha value is -2.68. The zero-order valence-corrected chi connectivity index (χ0v) is 13.2. The Bertz CT molecular complexity index is 844. The van der Waals surface area contributed by atoms with Crippen molar-refractivity contribution < 1.29 is 9.47 Å². The third kappa shape index (κ3) is 2.48. The van der Waals surface area contributed by atoms with Gasteiger partial charge in [0.05, 0.1) is 18.8 Å². The van der Waals surface area contributed by atoms with Crippen LogP contribution in [-0.2, 0) is 6.54 Å². The van der Waals surface area contributed by atoms with E-state index in [9.17, 15) is 0 Å². The third-order valence-electron chi connectivity index (χ3n) is 4.23. The number of fused-ring (bicyclic) bond motifs is 3. The number of para-hydroxylation sites is 2. The van der Waals surface area contributed by atoms with E-state index in [1.54, 1.807) is 0 Å². The summed E-state index contributed by atoms with van der Waals surface area (Å²) < 4.78 is 11.8. The van der Waals surface area contributed by atoms with Crippen LogP contribution in [0.3, 0.4) is 0 Å². The Morgan fingerprint density at radius 2 is 1.83 bits per heavy atom. The monoisotopic (exact) mass is 305 g/mol. The molecule has 0 aromatic heterocycles. The lowest BCUT2D eigenvalue weighted by Crippen LogP contribution is -2.32. The van der Waals surface area contributed by atoms with Gasteiger partial charge in [-0.2, -0.15) is 0 Å². The lowest BCUT2D eigenvalue weighted by Gasteiger charge is -2.32.